The number of fused-ring (bicyclic) bond motifs is 3. The maximum atomic E-state index is 12.9. The van der Waals surface area contributed by atoms with E-state index < -0.39 is 18.1 Å². The quantitative estimate of drug-likeness (QED) is 0.691. The van der Waals surface area contributed by atoms with Gasteiger partial charge in [-0.2, -0.15) is 0 Å². The Morgan fingerprint density at radius 2 is 1.66 bits per heavy atom. The molecular weight excluding hydrogens is 408 g/mol. The van der Waals surface area contributed by atoms with Crippen LogP contribution in [0.25, 0.3) is 11.1 Å². The molecule has 2 amide bonds. The van der Waals surface area contributed by atoms with Crippen LogP contribution in [0, 0.1) is 5.92 Å². The van der Waals surface area contributed by atoms with E-state index in [-0.39, 0.29) is 37.3 Å². The number of likely N-dealkylation sites (tertiary alicyclic amines) is 1. The van der Waals surface area contributed by atoms with E-state index in [2.05, 4.69) is 24.4 Å². The highest BCUT2D eigenvalue weighted by Crippen LogP contribution is 2.44. The van der Waals surface area contributed by atoms with Gasteiger partial charge in [0.25, 0.3) is 0 Å². The number of carboxylic acid groups (broad SMARTS) is 1. The lowest BCUT2D eigenvalue weighted by Crippen LogP contribution is -2.61. The Morgan fingerprint density at radius 1 is 1.06 bits per heavy atom. The molecule has 0 spiro atoms. The first-order valence-corrected chi connectivity index (χ1v) is 11.0. The first-order valence-electron chi connectivity index (χ1n) is 11.0. The molecule has 0 bridgehead atoms. The molecule has 1 aliphatic heterocycles. The number of benzene rings is 2. The van der Waals surface area contributed by atoms with Crippen LogP contribution in [-0.2, 0) is 14.3 Å². The number of rotatable bonds is 7. The molecule has 0 saturated carbocycles. The molecule has 3 atom stereocenters. The van der Waals surface area contributed by atoms with E-state index in [0.29, 0.717) is 12.5 Å². The van der Waals surface area contributed by atoms with Crippen molar-refractivity contribution in [1.82, 2.24) is 10.2 Å². The van der Waals surface area contributed by atoms with Crippen LogP contribution in [0.15, 0.2) is 48.5 Å². The van der Waals surface area contributed by atoms with Gasteiger partial charge in [-0.3, -0.25) is 9.59 Å². The molecule has 1 heterocycles. The Hall–Kier alpha value is -3.35. The number of hydrogen-bond donors (Lipinski definition) is 2. The summed E-state index contributed by atoms with van der Waals surface area (Å²) in [7, 11) is 0. The van der Waals surface area contributed by atoms with Gasteiger partial charge >= 0.3 is 12.1 Å². The third kappa shape index (κ3) is 4.20. The lowest BCUT2D eigenvalue weighted by molar-refractivity contribution is -0.145. The number of ether oxygens (including phenoxy) is 1. The summed E-state index contributed by atoms with van der Waals surface area (Å²) in [6.07, 6.45) is -0.898. The first kappa shape index (κ1) is 21.9. The van der Waals surface area contributed by atoms with Crippen molar-refractivity contribution in [1.29, 1.82) is 0 Å². The molecule has 2 aromatic rings. The number of nitrogens with zero attached hydrogens (tertiary/aromatic N) is 1. The third-order valence-electron chi connectivity index (χ3n) is 6.66. The number of carbonyl (C=O) groups is 3. The topological polar surface area (TPSA) is 95.9 Å². The average molecular weight is 437 g/mol. The highest BCUT2D eigenvalue weighted by Gasteiger charge is 2.39. The number of alkyl carbamates (subject to hydrolysis) is 1. The Kier molecular flexibility index (Phi) is 6.17. The maximum absolute atomic E-state index is 12.9. The molecule has 32 heavy (non-hydrogen) atoms. The lowest BCUT2D eigenvalue weighted by atomic mass is 9.90. The van der Waals surface area contributed by atoms with Gasteiger partial charge < -0.3 is 20.1 Å². The van der Waals surface area contributed by atoms with Crippen LogP contribution in [-0.4, -0.2) is 53.2 Å². The fraction of sp³-hybridized carbons (Fsp3) is 0.400. The number of carboxylic acids is 1. The van der Waals surface area contributed by atoms with Gasteiger partial charge in [0, 0.05) is 24.9 Å². The van der Waals surface area contributed by atoms with E-state index in [1.165, 1.54) is 0 Å². The second-order valence-corrected chi connectivity index (χ2v) is 8.66. The second-order valence-electron chi connectivity index (χ2n) is 8.66. The highest BCUT2D eigenvalue weighted by molar-refractivity contribution is 5.87. The standard InChI is InChI=1S/C25H28N2O5/c1-15-13-27(16(15)2)24(30)22(11-12-23(28)29)26-25(31)32-14-21-19-9-5-3-7-17(19)18-8-4-6-10-20(18)21/h3-10,15-16,21-22H,11-14H2,1-2H3,(H,26,31)(H,28,29). The van der Waals surface area contributed by atoms with Gasteiger partial charge in [0.15, 0.2) is 0 Å². The number of aliphatic carboxylic acids is 1. The minimum Gasteiger partial charge on any atom is -0.481 e. The summed E-state index contributed by atoms with van der Waals surface area (Å²) >= 11 is 0. The van der Waals surface area contributed by atoms with E-state index in [9.17, 15) is 14.4 Å². The molecular formula is C25H28N2O5. The van der Waals surface area contributed by atoms with E-state index in [4.69, 9.17) is 9.84 Å². The normalized spacial score (nSPS) is 20.0. The van der Waals surface area contributed by atoms with E-state index in [1.54, 1.807) is 4.90 Å². The molecule has 168 valence electrons. The SMILES string of the molecule is CC1CN(C(=O)C(CCC(=O)O)NC(=O)OCC2c3ccccc3-c3ccccc32)C1C. The first-order chi connectivity index (χ1) is 15.4. The zero-order chi connectivity index (χ0) is 22.8. The summed E-state index contributed by atoms with van der Waals surface area (Å²) < 4.78 is 5.54. The molecule has 2 N–H and O–H groups in total. The Bertz CT molecular complexity index is 991. The zero-order valence-corrected chi connectivity index (χ0v) is 18.3. The molecule has 4 rings (SSSR count). The molecule has 3 unspecified atom stereocenters. The summed E-state index contributed by atoms with van der Waals surface area (Å²) in [5.74, 6) is -0.973. The fourth-order valence-electron chi connectivity index (χ4n) is 4.60. The van der Waals surface area contributed by atoms with Gasteiger partial charge in [-0.25, -0.2) is 4.79 Å². The Morgan fingerprint density at radius 3 is 2.19 bits per heavy atom. The van der Waals surface area contributed by atoms with Crippen molar-refractivity contribution in [2.24, 2.45) is 5.92 Å². The zero-order valence-electron chi connectivity index (χ0n) is 18.3. The van der Waals surface area contributed by atoms with Crippen molar-refractivity contribution in [3.05, 3.63) is 59.7 Å². The van der Waals surface area contributed by atoms with Crippen molar-refractivity contribution < 1.29 is 24.2 Å². The molecule has 2 aliphatic rings. The average Bonchev–Trinajstić information content (AvgIpc) is 3.11. The van der Waals surface area contributed by atoms with Gasteiger partial charge in [-0.05, 0) is 41.5 Å². The summed E-state index contributed by atoms with van der Waals surface area (Å²) in [6, 6.07) is 15.2. The smallest absolute Gasteiger partial charge is 0.407 e. The summed E-state index contributed by atoms with van der Waals surface area (Å²) in [5, 5.41) is 11.7. The van der Waals surface area contributed by atoms with Gasteiger partial charge in [0.2, 0.25) is 5.91 Å². The molecule has 7 heteroatoms. The van der Waals surface area contributed by atoms with Crippen LogP contribution in [0.5, 0.6) is 0 Å². The number of hydrogen-bond acceptors (Lipinski definition) is 4. The van der Waals surface area contributed by atoms with Crippen LogP contribution >= 0.6 is 0 Å². The van der Waals surface area contributed by atoms with Crippen molar-refractivity contribution in [3.8, 4) is 11.1 Å². The monoisotopic (exact) mass is 436 g/mol. The van der Waals surface area contributed by atoms with Crippen molar-refractivity contribution >= 4 is 18.0 Å². The van der Waals surface area contributed by atoms with Gasteiger partial charge in [-0.1, -0.05) is 55.5 Å². The molecule has 0 aromatic heterocycles. The van der Waals surface area contributed by atoms with Gasteiger partial charge in [0.05, 0.1) is 0 Å². The lowest BCUT2D eigenvalue weighted by Gasteiger charge is -2.46. The predicted octanol–water partition coefficient (Wildman–Crippen LogP) is 3.63. The van der Waals surface area contributed by atoms with Crippen molar-refractivity contribution in [2.75, 3.05) is 13.2 Å². The Balaban J connectivity index is 1.42. The van der Waals surface area contributed by atoms with E-state index >= 15 is 0 Å². The van der Waals surface area contributed by atoms with E-state index in [1.807, 2.05) is 43.3 Å². The Labute approximate surface area is 187 Å². The van der Waals surface area contributed by atoms with Crippen molar-refractivity contribution in [3.63, 3.8) is 0 Å². The minimum absolute atomic E-state index is 0.0238. The third-order valence-corrected chi connectivity index (χ3v) is 6.66. The van der Waals surface area contributed by atoms with Crippen LogP contribution in [0.1, 0.15) is 43.7 Å². The van der Waals surface area contributed by atoms with Crippen LogP contribution in [0.4, 0.5) is 4.79 Å². The minimum atomic E-state index is -1.01. The van der Waals surface area contributed by atoms with Crippen LogP contribution < -0.4 is 5.32 Å². The number of amides is 2. The fourth-order valence-corrected chi connectivity index (χ4v) is 4.60. The summed E-state index contributed by atoms with van der Waals surface area (Å²) in [4.78, 5) is 38.2. The molecule has 0 radical (unpaired) electrons. The molecule has 2 aromatic carbocycles. The highest BCUT2D eigenvalue weighted by atomic mass is 16.5. The number of carbonyl (C=O) groups excluding carboxylic acids is 2. The van der Waals surface area contributed by atoms with Gasteiger partial charge in [0.1, 0.15) is 12.6 Å². The summed E-state index contributed by atoms with van der Waals surface area (Å²) in [5.41, 5.74) is 4.46. The number of nitrogens with one attached hydrogen (secondary N) is 1. The predicted molar refractivity (Wildman–Crippen MR) is 119 cm³/mol. The molecule has 7 nitrogen and oxygen atoms in total. The van der Waals surface area contributed by atoms with Gasteiger partial charge in [-0.15, -0.1) is 0 Å². The molecule has 1 fully saturated rings. The molecule has 1 aliphatic carbocycles. The molecule has 1 saturated heterocycles. The second kappa shape index (κ2) is 9.02. The van der Waals surface area contributed by atoms with Crippen LogP contribution in [0.2, 0.25) is 0 Å². The van der Waals surface area contributed by atoms with Crippen molar-refractivity contribution in [2.45, 2.75) is 44.7 Å². The van der Waals surface area contributed by atoms with Crippen LogP contribution in [0.3, 0.4) is 0 Å². The largest absolute Gasteiger partial charge is 0.481 e. The summed E-state index contributed by atoms with van der Waals surface area (Å²) in [6.45, 7) is 4.75. The van der Waals surface area contributed by atoms with E-state index in [0.717, 1.165) is 22.3 Å². The maximum Gasteiger partial charge on any atom is 0.407 e.